The highest BCUT2D eigenvalue weighted by Crippen LogP contribution is 2.61. The van der Waals surface area contributed by atoms with Gasteiger partial charge in [-0.05, 0) is 80.5 Å². The van der Waals surface area contributed by atoms with E-state index in [0.29, 0.717) is 40.8 Å². The van der Waals surface area contributed by atoms with Crippen molar-refractivity contribution < 1.29 is 27.5 Å². The van der Waals surface area contributed by atoms with Crippen molar-refractivity contribution in [2.75, 3.05) is 62.9 Å². The van der Waals surface area contributed by atoms with Gasteiger partial charge in [0.25, 0.3) is 5.91 Å². The number of rotatable bonds is 9. The van der Waals surface area contributed by atoms with Crippen LogP contribution in [0, 0.1) is 30.1 Å². The molecule has 5 fully saturated rings. The fourth-order valence-corrected chi connectivity index (χ4v) is 9.54. The van der Waals surface area contributed by atoms with Gasteiger partial charge >= 0.3 is 6.18 Å². The molecule has 272 valence electrons. The second-order valence-electron chi connectivity index (χ2n) is 14.5. The standard InChI is InChI=1S/C37H45F3N8O3/c1-21-6-5-7-26(33(49)41-2)30(21)45-32-27(37(38,39)40)20-43-35(46-32)44-28-9-8-25(16-29(28)51-4)47-10-12-48(13-11-47)31-23-14-22-15-24(31)19-36(17-22,18-23)34(50)42-3/h5-9,16,20,22-24,31H,10-15,17-19H2,1-4H3,(H,41,49)(H,42,50)(H2,43,44,45,46)/t22?,23?,24?,31-,36-. The number of aromatic nitrogens is 2. The number of halogens is 3. The number of hydrogen-bond donors (Lipinski definition) is 4. The van der Waals surface area contributed by atoms with Crippen LogP contribution in [-0.4, -0.2) is 80.1 Å². The second-order valence-corrected chi connectivity index (χ2v) is 14.5. The fraction of sp³-hybridized carbons (Fsp3) is 0.514. The second kappa shape index (κ2) is 13.5. The highest BCUT2D eigenvalue weighted by atomic mass is 19.4. The van der Waals surface area contributed by atoms with Crippen molar-refractivity contribution in [1.82, 2.24) is 25.5 Å². The van der Waals surface area contributed by atoms with Gasteiger partial charge in [0.2, 0.25) is 11.9 Å². The number of carbonyl (C=O) groups excluding carboxylic acids is 2. The number of amides is 2. The largest absolute Gasteiger partial charge is 0.494 e. The van der Waals surface area contributed by atoms with E-state index in [-0.39, 0.29) is 28.5 Å². The molecule has 4 saturated carbocycles. The van der Waals surface area contributed by atoms with Crippen molar-refractivity contribution in [2.24, 2.45) is 23.2 Å². The number of benzene rings is 2. The number of ether oxygens (including phenoxy) is 1. The van der Waals surface area contributed by atoms with Gasteiger partial charge in [0, 0.05) is 64.3 Å². The Bertz CT molecular complexity index is 1800. The van der Waals surface area contributed by atoms with Crippen molar-refractivity contribution in [3.63, 3.8) is 0 Å². The summed E-state index contributed by atoms with van der Waals surface area (Å²) in [6, 6.07) is 11.1. The quantitative estimate of drug-likeness (QED) is 0.221. The van der Waals surface area contributed by atoms with E-state index in [2.05, 4.69) is 41.0 Å². The number of nitrogens with one attached hydrogen (secondary N) is 4. The molecule has 0 spiro atoms. The number of anilines is 5. The zero-order valence-electron chi connectivity index (χ0n) is 29.4. The molecule has 1 aliphatic heterocycles. The van der Waals surface area contributed by atoms with Crippen LogP contribution in [0.3, 0.4) is 0 Å². The molecular formula is C37H45F3N8O3. The Balaban J connectivity index is 1.06. The number of hydrogen-bond acceptors (Lipinski definition) is 9. The molecule has 1 aromatic heterocycles. The maximum Gasteiger partial charge on any atom is 0.421 e. The molecule has 4 bridgehead atoms. The minimum atomic E-state index is -4.75. The van der Waals surface area contributed by atoms with Gasteiger partial charge in [-0.1, -0.05) is 12.1 Å². The predicted octanol–water partition coefficient (Wildman–Crippen LogP) is 5.72. The summed E-state index contributed by atoms with van der Waals surface area (Å²) in [5.41, 5.74) is 1.21. The third-order valence-corrected chi connectivity index (χ3v) is 11.5. The molecule has 2 aromatic carbocycles. The minimum absolute atomic E-state index is 0.0749. The number of aryl methyl sites for hydroxylation is 1. The lowest BCUT2D eigenvalue weighted by Crippen LogP contribution is -2.64. The average Bonchev–Trinajstić information content (AvgIpc) is 3.11. The molecule has 2 amide bonds. The monoisotopic (exact) mass is 706 g/mol. The lowest BCUT2D eigenvalue weighted by atomic mass is 9.47. The maximum absolute atomic E-state index is 14.1. The number of alkyl halides is 3. The van der Waals surface area contributed by atoms with E-state index in [1.807, 2.05) is 18.2 Å². The molecule has 8 rings (SSSR count). The van der Waals surface area contributed by atoms with Gasteiger partial charge in [0.15, 0.2) is 0 Å². The Morgan fingerprint density at radius 3 is 2.33 bits per heavy atom. The van der Waals surface area contributed by atoms with Crippen LogP contribution in [0.25, 0.3) is 0 Å². The molecular weight excluding hydrogens is 661 g/mol. The van der Waals surface area contributed by atoms with E-state index in [1.165, 1.54) is 26.0 Å². The fourth-order valence-electron chi connectivity index (χ4n) is 9.54. The SMILES string of the molecule is CNC(=O)c1cccc(C)c1Nc1nc(Nc2ccc(N3CCN([C@H]4C5CC6CC4C[C@](C(=O)NC)(C6)C5)CC3)cc2OC)ncc1C(F)(F)F. The number of carbonyl (C=O) groups is 2. The van der Waals surface area contributed by atoms with E-state index in [0.717, 1.165) is 57.3 Å². The molecule has 2 unspecified atom stereocenters. The molecule has 1 saturated heterocycles. The number of methoxy groups -OCH3 is 1. The highest BCUT2D eigenvalue weighted by molar-refractivity contribution is 6.01. The average molecular weight is 707 g/mol. The van der Waals surface area contributed by atoms with Crippen LogP contribution in [0.2, 0.25) is 0 Å². The summed E-state index contributed by atoms with van der Waals surface area (Å²) in [7, 11) is 4.76. The van der Waals surface area contributed by atoms with Gasteiger partial charge in [0.1, 0.15) is 17.1 Å². The Morgan fingerprint density at radius 2 is 1.69 bits per heavy atom. The Morgan fingerprint density at radius 1 is 0.961 bits per heavy atom. The third kappa shape index (κ3) is 6.54. The Labute approximate surface area is 295 Å². The van der Waals surface area contributed by atoms with Crippen molar-refractivity contribution in [1.29, 1.82) is 0 Å². The van der Waals surface area contributed by atoms with E-state index in [1.54, 1.807) is 33.2 Å². The van der Waals surface area contributed by atoms with Crippen LogP contribution in [0.4, 0.5) is 42.0 Å². The lowest BCUT2D eigenvalue weighted by Gasteiger charge is -2.61. The molecule has 3 aromatic rings. The van der Waals surface area contributed by atoms with Crippen molar-refractivity contribution in [3.8, 4) is 5.75 Å². The summed E-state index contributed by atoms with van der Waals surface area (Å²) >= 11 is 0. The van der Waals surface area contributed by atoms with E-state index >= 15 is 0 Å². The van der Waals surface area contributed by atoms with Gasteiger partial charge in [0.05, 0.1) is 29.5 Å². The third-order valence-electron chi connectivity index (χ3n) is 11.5. The summed E-state index contributed by atoms with van der Waals surface area (Å²) in [5, 5.41) is 11.3. The van der Waals surface area contributed by atoms with Gasteiger partial charge in [-0.2, -0.15) is 18.2 Å². The number of piperazine rings is 1. The molecule has 0 radical (unpaired) electrons. The lowest BCUT2D eigenvalue weighted by molar-refractivity contribution is -0.155. The normalized spacial score (nSPS) is 25.7. The summed E-state index contributed by atoms with van der Waals surface area (Å²) in [4.78, 5) is 38.6. The van der Waals surface area contributed by atoms with Crippen LogP contribution in [0.1, 0.15) is 53.6 Å². The van der Waals surface area contributed by atoms with Gasteiger partial charge in [-0.25, -0.2) is 4.98 Å². The molecule has 4 N–H and O–H groups in total. The van der Waals surface area contributed by atoms with Gasteiger partial charge in [-0.3, -0.25) is 14.5 Å². The first-order valence-electron chi connectivity index (χ1n) is 17.6. The predicted molar refractivity (Wildman–Crippen MR) is 189 cm³/mol. The molecule has 14 heteroatoms. The van der Waals surface area contributed by atoms with Crippen LogP contribution in [-0.2, 0) is 11.0 Å². The molecule has 5 aliphatic rings. The van der Waals surface area contributed by atoms with Crippen LogP contribution in [0.5, 0.6) is 5.75 Å². The van der Waals surface area contributed by atoms with E-state index in [9.17, 15) is 22.8 Å². The molecule has 4 aliphatic carbocycles. The first-order chi connectivity index (χ1) is 24.4. The Kier molecular flexibility index (Phi) is 9.23. The molecule has 51 heavy (non-hydrogen) atoms. The number of nitrogens with zero attached hydrogens (tertiary/aromatic N) is 4. The summed E-state index contributed by atoms with van der Waals surface area (Å²) < 4.78 is 47.9. The van der Waals surface area contributed by atoms with Crippen LogP contribution >= 0.6 is 0 Å². The minimum Gasteiger partial charge on any atom is -0.494 e. The summed E-state index contributed by atoms with van der Waals surface area (Å²) in [6.45, 7) is 5.28. The maximum atomic E-state index is 14.1. The van der Waals surface area contributed by atoms with Crippen LogP contribution < -0.4 is 30.9 Å². The van der Waals surface area contributed by atoms with Crippen LogP contribution in [0.15, 0.2) is 42.6 Å². The Hall–Kier alpha value is -4.59. The number of para-hydroxylation sites is 1. The van der Waals surface area contributed by atoms with Gasteiger partial charge < -0.3 is 30.9 Å². The first-order valence-corrected chi connectivity index (χ1v) is 17.6. The zero-order valence-corrected chi connectivity index (χ0v) is 29.4. The molecule has 2 atom stereocenters. The topological polar surface area (TPSA) is 124 Å². The van der Waals surface area contributed by atoms with Crippen molar-refractivity contribution in [2.45, 2.75) is 51.2 Å². The summed E-state index contributed by atoms with van der Waals surface area (Å²) in [5.74, 6) is 1.53. The van der Waals surface area contributed by atoms with E-state index < -0.39 is 23.5 Å². The van der Waals surface area contributed by atoms with Crippen molar-refractivity contribution >= 4 is 40.6 Å². The van der Waals surface area contributed by atoms with E-state index in [4.69, 9.17) is 4.74 Å². The molecule has 11 nitrogen and oxygen atoms in total. The summed E-state index contributed by atoms with van der Waals surface area (Å²) in [6.07, 6.45) is 1.48. The smallest absolute Gasteiger partial charge is 0.421 e. The molecule has 2 heterocycles. The highest BCUT2D eigenvalue weighted by Gasteiger charge is 2.59. The van der Waals surface area contributed by atoms with Crippen molar-refractivity contribution in [3.05, 3.63) is 59.3 Å². The van der Waals surface area contributed by atoms with Gasteiger partial charge in [-0.15, -0.1) is 0 Å². The first kappa shape index (κ1) is 34.8. The zero-order chi connectivity index (χ0) is 36.1.